The van der Waals surface area contributed by atoms with Crippen molar-refractivity contribution in [2.75, 3.05) is 12.3 Å². The van der Waals surface area contributed by atoms with Gasteiger partial charge in [-0.2, -0.15) is 4.31 Å². The maximum absolute atomic E-state index is 12.6. The first-order valence-electron chi connectivity index (χ1n) is 6.53. The van der Waals surface area contributed by atoms with Gasteiger partial charge in [0.05, 0.1) is 15.6 Å². The van der Waals surface area contributed by atoms with Crippen LogP contribution in [0, 0.1) is 0 Å². The Morgan fingerprint density at radius 3 is 2.53 bits per heavy atom. The molecule has 4 nitrogen and oxygen atoms in total. The lowest BCUT2D eigenvalue weighted by Gasteiger charge is -2.26. The molecule has 0 atom stereocenters. The molecule has 1 aromatic carbocycles. The summed E-state index contributed by atoms with van der Waals surface area (Å²) in [5.41, 5.74) is 6.02. The van der Waals surface area contributed by atoms with Gasteiger partial charge in [0.2, 0.25) is 10.0 Å². The van der Waals surface area contributed by atoms with Crippen molar-refractivity contribution in [3.05, 3.63) is 23.2 Å². The van der Waals surface area contributed by atoms with Crippen LogP contribution in [-0.2, 0) is 10.0 Å². The van der Waals surface area contributed by atoms with Crippen molar-refractivity contribution in [3.8, 4) is 0 Å². The molecular weight excluding hydrogens is 284 g/mol. The lowest BCUT2D eigenvalue weighted by molar-refractivity contribution is 0.335. The van der Waals surface area contributed by atoms with Crippen LogP contribution in [0.2, 0.25) is 5.02 Å². The number of anilines is 1. The third-order valence-electron chi connectivity index (χ3n) is 3.62. The normalized spacial score (nSPS) is 17.2. The smallest absolute Gasteiger partial charge is 0.243 e. The molecule has 0 unspecified atom stereocenters. The molecule has 19 heavy (non-hydrogen) atoms. The van der Waals surface area contributed by atoms with Crippen molar-refractivity contribution in [2.24, 2.45) is 0 Å². The van der Waals surface area contributed by atoms with Gasteiger partial charge >= 0.3 is 0 Å². The van der Waals surface area contributed by atoms with Crippen LogP contribution in [-0.4, -0.2) is 25.3 Å². The number of hydrogen-bond donors (Lipinski definition) is 1. The second-order valence-electron chi connectivity index (χ2n) is 4.83. The van der Waals surface area contributed by atoms with Crippen LogP contribution < -0.4 is 5.73 Å². The lowest BCUT2D eigenvalue weighted by atomic mass is 10.2. The minimum absolute atomic E-state index is 0.117. The summed E-state index contributed by atoms with van der Waals surface area (Å²) in [5, 5.41) is 0.281. The molecule has 106 valence electrons. The molecule has 1 aliphatic carbocycles. The lowest BCUT2D eigenvalue weighted by Crippen LogP contribution is -2.38. The zero-order valence-electron chi connectivity index (χ0n) is 11.0. The van der Waals surface area contributed by atoms with E-state index >= 15 is 0 Å². The van der Waals surface area contributed by atoms with E-state index in [1.807, 2.05) is 6.92 Å². The van der Waals surface area contributed by atoms with Crippen molar-refractivity contribution in [1.82, 2.24) is 4.31 Å². The van der Waals surface area contributed by atoms with Gasteiger partial charge in [-0.15, -0.1) is 0 Å². The molecule has 0 bridgehead atoms. The van der Waals surface area contributed by atoms with Crippen molar-refractivity contribution in [2.45, 2.75) is 43.5 Å². The molecule has 0 amide bonds. The van der Waals surface area contributed by atoms with Gasteiger partial charge in [0.25, 0.3) is 0 Å². The van der Waals surface area contributed by atoms with Crippen LogP contribution in [0.3, 0.4) is 0 Å². The van der Waals surface area contributed by atoms with Crippen molar-refractivity contribution in [3.63, 3.8) is 0 Å². The zero-order valence-corrected chi connectivity index (χ0v) is 12.5. The molecule has 1 aliphatic rings. The van der Waals surface area contributed by atoms with Gasteiger partial charge in [-0.1, -0.05) is 31.4 Å². The molecule has 0 aliphatic heterocycles. The van der Waals surface area contributed by atoms with Gasteiger partial charge in [0, 0.05) is 12.6 Å². The molecular formula is C13H19ClN2O2S. The van der Waals surface area contributed by atoms with Gasteiger partial charge in [-0.3, -0.25) is 0 Å². The minimum atomic E-state index is -3.48. The van der Waals surface area contributed by atoms with Gasteiger partial charge in [0.15, 0.2) is 0 Å². The number of nitrogen functional groups attached to an aromatic ring is 1. The first-order chi connectivity index (χ1) is 8.96. The van der Waals surface area contributed by atoms with Crippen LogP contribution in [0.5, 0.6) is 0 Å². The van der Waals surface area contributed by atoms with E-state index in [1.54, 1.807) is 4.31 Å². The van der Waals surface area contributed by atoms with Gasteiger partial charge in [0.1, 0.15) is 0 Å². The number of nitrogens with zero attached hydrogens (tertiary/aromatic N) is 1. The fourth-order valence-electron chi connectivity index (χ4n) is 2.62. The van der Waals surface area contributed by atoms with E-state index in [1.165, 1.54) is 18.2 Å². The van der Waals surface area contributed by atoms with E-state index in [2.05, 4.69) is 0 Å². The van der Waals surface area contributed by atoms with E-state index < -0.39 is 10.0 Å². The number of sulfonamides is 1. The molecule has 1 aromatic rings. The fraction of sp³-hybridized carbons (Fsp3) is 0.538. The van der Waals surface area contributed by atoms with E-state index in [-0.39, 0.29) is 16.0 Å². The quantitative estimate of drug-likeness (QED) is 0.870. The summed E-state index contributed by atoms with van der Waals surface area (Å²) in [4.78, 5) is 0.223. The van der Waals surface area contributed by atoms with Crippen LogP contribution in [0.25, 0.3) is 0 Å². The first-order valence-corrected chi connectivity index (χ1v) is 8.35. The number of rotatable bonds is 4. The molecule has 1 saturated carbocycles. The minimum Gasteiger partial charge on any atom is -0.398 e. The SMILES string of the molecule is CCN(C1CCCC1)S(=O)(=O)c1ccc(N)c(Cl)c1. The average Bonchev–Trinajstić information content (AvgIpc) is 2.86. The van der Waals surface area contributed by atoms with E-state index in [0.29, 0.717) is 12.2 Å². The van der Waals surface area contributed by atoms with Crippen LogP contribution >= 0.6 is 11.6 Å². The molecule has 2 N–H and O–H groups in total. The van der Waals surface area contributed by atoms with E-state index in [0.717, 1.165) is 25.7 Å². The number of nitrogens with two attached hydrogens (primary N) is 1. The highest BCUT2D eigenvalue weighted by Crippen LogP contribution is 2.30. The Bertz CT molecular complexity index is 554. The van der Waals surface area contributed by atoms with Crippen LogP contribution in [0.1, 0.15) is 32.6 Å². The summed E-state index contributed by atoms with van der Waals surface area (Å²) >= 11 is 5.92. The standard InChI is InChI=1S/C13H19ClN2O2S/c1-2-16(10-5-3-4-6-10)19(17,18)11-7-8-13(15)12(14)9-11/h7-10H,2-6,15H2,1H3. The molecule has 0 radical (unpaired) electrons. The monoisotopic (exact) mass is 302 g/mol. The second-order valence-corrected chi connectivity index (χ2v) is 7.13. The van der Waals surface area contributed by atoms with Crippen molar-refractivity contribution >= 4 is 27.3 Å². The van der Waals surface area contributed by atoms with Gasteiger partial charge < -0.3 is 5.73 Å². The first kappa shape index (κ1) is 14.6. The highest BCUT2D eigenvalue weighted by Gasteiger charge is 2.32. The number of hydrogen-bond acceptors (Lipinski definition) is 3. The van der Waals surface area contributed by atoms with Crippen molar-refractivity contribution < 1.29 is 8.42 Å². The Balaban J connectivity index is 2.36. The number of benzene rings is 1. The fourth-order valence-corrected chi connectivity index (χ4v) is 4.59. The largest absolute Gasteiger partial charge is 0.398 e. The van der Waals surface area contributed by atoms with Crippen LogP contribution in [0.15, 0.2) is 23.1 Å². The molecule has 0 aromatic heterocycles. The molecule has 1 fully saturated rings. The van der Waals surface area contributed by atoms with E-state index in [4.69, 9.17) is 17.3 Å². The Morgan fingerprint density at radius 2 is 2.00 bits per heavy atom. The van der Waals surface area contributed by atoms with E-state index in [9.17, 15) is 8.42 Å². The molecule has 0 saturated heterocycles. The Kier molecular flexibility index (Phi) is 4.38. The Hall–Kier alpha value is -0.780. The summed E-state index contributed by atoms with van der Waals surface area (Å²) < 4.78 is 26.9. The Labute approximate surface area is 119 Å². The van der Waals surface area contributed by atoms with Gasteiger partial charge in [-0.25, -0.2) is 8.42 Å². The summed E-state index contributed by atoms with van der Waals surface area (Å²) in [7, 11) is -3.48. The molecule has 6 heteroatoms. The van der Waals surface area contributed by atoms with Gasteiger partial charge in [-0.05, 0) is 31.0 Å². The maximum atomic E-state index is 12.6. The highest BCUT2D eigenvalue weighted by molar-refractivity contribution is 7.89. The van der Waals surface area contributed by atoms with Crippen LogP contribution in [0.4, 0.5) is 5.69 Å². The summed E-state index contributed by atoms with van der Waals surface area (Å²) in [5.74, 6) is 0. The predicted molar refractivity (Wildman–Crippen MR) is 77.7 cm³/mol. The third kappa shape index (κ3) is 2.88. The number of halogens is 1. The molecule has 0 spiro atoms. The Morgan fingerprint density at radius 1 is 1.37 bits per heavy atom. The van der Waals surface area contributed by atoms with Crippen molar-refractivity contribution in [1.29, 1.82) is 0 Å². The second kappa shape index (κ2) is 5.69. The summed E-state index contributed by atoms with van der Waals surface area (Å²) in [6.07, 6.45) is 4.07. The average molecular weight is 303 g/mol. The summed E-state index contributed by atoms with van der Waals surface area (Å²) in [6.45, 7) is 2.35. The highest BCUT2D eigenvalue weighted by atomic mass is 35.5. The third-order valence-corrected chi connectivity index (χ3v) is 5.97. The zero-order chi connectivity index (χ0) is 14.0. The summed E-state index contributed by atoms with van der Waals surface area (Å²) in [6, 6.07) is 4.61. The maximum Gasteiger partial charge on any atom is 0.243 e. The molecule has 0 heterocycles. The topological polar surface area (TPSA) is 63.4 Å². The predicted octanol–water partition coefficient (Wildman–Crippen LogP) is 2.88. The molecule has 2 rings (SSSR count).